The highest BCUT2D eigenvalue weighted by Gasteiger charge is 2.36. The van der Waals surface area contributed by atoms with Crippen molar-refractivity contribution in [3.8, 4) is 23.3 Å². The fourth-order valence-corrected chi connectivity index (χ4v) is 3.08. The molecule has 0 saturated heterocycles. The summed E-state index contributed by atoms with van der Waals surface area (Å²) in [5.41, 5.74) is 0.691. The molecule has 3 aromatic rings. The fourth-order valence-electron chi connectivity index (χ4n) is 3.08. The smallest absolute Gasteiger partial charge is 0.348 e. The molecule has 0 radical (unpaired) electrons. The second-order valence-corrected chi connectivity index (χ2v) is 7.21. The molecule has 3 aromatic carbocycles. The van der Waals surface area contributed by atoms with Crippen LogP contribution in [0.1, 0.15) is 23.6 Å². The molecule has 1 N–H and O–H groups in total. The third-order valence-corrected chi connectivity index (χ3v) is 4.79. The number of nitriles is 1. The van der Waals surface area contributed by atoms with Crippen molar-refractivity contribution in [1.82, 2.24) is 0 Å². The van der Waals surface area contributed by atoms with Crippen LogP contribution >= 0.6 is 0 Å². The number of methoxy groups -OCH3 is 1. The lowest BCUT2D eigenvalue weighted by atomic mass is 9.96. The highest BCUT2D eigenvalue weighted by atomic mass is 16.5. The Kier molecular flexibility index (Phi) is 6.78. The zero-order valence-electron chi connectivity index (χ0n) is 17.4. The second-order valence-electron chi connectivity index (χ2n) is 7.21. The molecule has 0 spiro atoms. The van der Waals surface area contributed by atoms with Crippen molar-refractivity contribution in [3.63, 3.8) is 0 Å². The van der Waals surface area contributed by atoms with Gasteiger partial charge in [-0.3, -0.25) is 0 Å². The lowest BCUT2D eigenvalue weighted by Gasteiger charge is -2.27. The third-order valence-electron chi connectivity index (χ3n) is 4.79. The molecule has 6 heteroatoms. The molecule has 0 amide bonds. The van der Waals surface area contributed by atoms with Gasteiger partial charge < -0.3 is 19.3 Å². The number of carboxylic acids is 1. The van der Waals surface area contributed by atoms with Gasteiger partial charge in [-0.25, -0.2) is 4.79 Å². The van der Waals surface area contributed by atoms with E-state index in [4.69, 9.17) is 19.5 Å². The Hall–Kier alpha value is -3.98. The average Bonchev–Trinajstić information content (AvgIpc) is 2.79. The maximum Gasteiger partial charge on any atom is 0.348 e. The van der Waals surface area contributed by atoms with Gasteiger partial charge in [0.05, 0.1) is 18.7 Å². The largest absolute Gasteiger partial charge is 0.493 e. The first kappa shape index (κ1) is 21.7. The minimum absolute atomic E-state index is 0.105. The topological polar surface area (TPSA) is 88.8 Å². The summed E-state index contributed by atoms with van der Waals surface area (Å²) >= 11 is 0. The molecule has 6 nitrogen and oxygen atoms in total. The Balaban J connectivity index is 1.80. The van der Waals surface area contributed by atoms with Crippen LogP contribution in [0, 0.1) is 11.3 Å². The lowest BCUT2D eigenvalue weighted by molar-refractivity contribution is -0.153. The number of rotatable bonds is 9. The summed E-state index contributed by atoms with van der Waals surface area (Å²) in [4.78, 5) is 12.0. The van der Waals surface area contributed by atoms with E-state index >= 15 is 0 Å². The fraction of sp³-hybridized carbons (Fsp3) is 0.200. The summed E-state index contributed by atoms with van der Waals surface area (Å²) in [5, 5.41) is 18.8. The average molecular weight is 417 g/mol. The van der Waals surface area contributed by atoms with E-state index in [1.54, 1.807) is 49.6 Å². The van der Waals surface area contributed by atoms with Crippen molar-refractivity contribution in [2.24, 2.45) is 0 Å². The number of ether oxygens (including phenoxy) is 3. The van der Waals surface area contributed by atoms with Crippen LogP contribution in [0.5, 0.6) is 17.2 Å². The first-order chi connectivity index (χ1) is 14.9. The van der Waals surface area contributed by atoms with E-state index in [9.17, 15) is 9.90 Å². The molecular weight excluding hydrogens is 394 g/mol. The number of aliphatic carboxylic acids is 1. The molecule has 0 heterocycles. The number of nitrogens with zero attached hydrogens (tertiary/aromatic N) is 1. The van der Waals surface area contributed by atoms with Gasteiger partial charge in [-0.05, 0) is 54.4 Å². The van der Waals surface area contributed by atoms with Crippen LogP contribution in [0.2, 0.25) is 0 Å². The minimum Gasteiger partial charge on any atom is -0.493 e. The summed E-state index contributed by atoms with van der Waals surface area (Å²) in [5.74, 6) is 0.358. The van der Waals surface area contributed by atoms with E-state index in [2.05, 4.69) is 0 Å². The van der Waals surface area contributed by atoms with Crippen LogP contribution in [-0.2, 0) is 17.8 Å². The zero-order chi connectivity index (χ0) is 22.3. The van der Waals surface area contributed by atoms with E-state index < -0.39 is 11.6 Å². The second kappa shape index (κ2) is 9.68. The van der Waals surface area contributed by atoms with Gasteiger partial charge in [0.15, 0.2) is 11.5 Å². The van der Waals surface area contributed by atoms with E-state index in [-0.39, 0.29) is 6.42 Å². The SMILES string of the molecule is COc1ccc(CC(C)(Oc2ccc(C#N)cc2)C(=O)O)cc1OCc1ccccc1. The Morgan fingerprint density at radius 2 is 1.71 bits per heavy atom. The molecule has 0 saturated carbocycles. The standard InChI is InChI=1S/C25H23NO5/c1-25(24(27)28,31-21-11-8-18(16-26)9-12-21)15-20-10-13-22(29-2)23(14-20)30-17-19-6-4-3-5-7-19/h3-14H,15,17H2,1-2H3,(H,27,28). The van der Waals surface area contributed by atoms with Crippen molar-refractivity contribution >= 4 is 5.97 Å². The first-order valence-corrected chi connectivity index (χ1v) is 9.70. The summed E-state index contributed by atoms with van der Waals surface area (Å²) < 4.78 is 17.1. The Labute approximate surface area is 181 Å². The molecule has 1 unspecified atom stereocenters. The van der Waals surface area contributed by atoms with E-state index in [0.29, 0.717) is 29.4 Å². The van der Waals surface area contributed by atoms with Gasteiger partial charge in [0, 0.05) is 6.42 Å². The Morgan fingerprint density at radius 3 is 2.32 bits per heavy atom. The third kappa shape index (κ3) is 5.55. The van der Waals surface area contributed by atoms with Gasteiger partial charge in [-0.15, -0.1) is 0 Å². The molecule has 158 valence electrons. The molecule has 0 fully saturated rings. The Morgan fingerprint density at radius 1 is 1.00 bits per heavy atom. The van der Waals surface area contributed by atoms with Gasteiger partial charge in [-0.1, -0.05) is 36.4 Å². The van der Waals surface area contributed by atoms with Gasteiger partial charge in [0.1, 0.15) is 12.4 Å². The summed E-state index contributed by atoms with van der Waals surface area (Å²) in [7, 11) is 1.56. The van der Waals surface area contributed by atoms with Gasteiger partial charge >= 0.3 is 5.97 Å². The number of hydrogen-bond donors (Lipinski definition) is 1. The molecular formula is C25H23NO5. The number of benzene rings is 3. The van der Waals surface area contributed by atoms with E-state index in [1.165, 1.54) is 6.92 Å². The van der Waals surface area contributed by atoms with Gasteiger partial charge in [0.25, 0.3) is 0 Å². The van der Waals surface area contributed by atoms with Gasteiger partial charge in [0.2, 0.25) is 5.60 Å². The first-order valence-electron chi connectivity index (χ1n) is 9.70. The van der Waals surface area contributed by atoms with Crippen LogP contribution in [-0.4, -0.2) is 23.8 Å². The van der Waals surface area contributed by atoms with Gasteiger partial charge in [-0.2, -0.15) is 5.26 Å². The van der Waals surface area contributed by atoms with Crippen molar-refractivity contribution < 1.29 is 24.1 Å². The number of hydrogen-bond acceptors (Lipinski definition) is 5. The van der Waals surface area contributed by atoms with Crippen LogP contribution in [0.15, 0.2) is 72.8 Å². The monoisotopic (exact) mass is 417 g/mol. The zero-order valence-corrected chi connectivity index (χ0v) is 17.4. The molecule has 0 aliphatic carbocycles. The predicted octanol–water partition coefficient (Wildman–Crippen LogP) is 4.61. The highest BCUT2D eigenvalue weighted by Crippen LogP contribution is 2.31. The highest BCUT2D eigenvalue weighted by molar-refractivity contribution is 5.78. The maximum atomic E-state index is 12.0. The predicted molar refractivity (Wildman–Crippen MR) is 115 cm³/mol. The normalized spacial score (nSPS) is 12.3. The lowest BCUT2D eigenvalue weighted by Crippen LogP contribution is -2.43. The summed E-state index contributed by atoms with van der Waals surface area (Å²) in [6.07, 6.45) is 0.105. The number of carbonyl (C=O) groups is 1. The molecule has 1 atom stereocenters. The minimum atomic E-state index is -1.51. The molecule has 3 rings (SSSR count). The summed E-state index contributed by atoms with van der Waals surface area (Å²) in [6.45, 7) is 1.88. The molecule has 0 bridgehead atoms. The van der Waals surface area contributed by atoms with Crippen molar-refractivity contribution in [2.75, 3.05) is 7.11 Å². The van der Waals surface area contributed by atoms with Crippen molar-refractivity contribution in [1.29, 1.82) is 5.26 Å². The number of carboxylic acid groups (broad SMARTS) is 1. The van der Waals surface area contributed by atoms with Crippen LogP contribution in [0.25, 0.3) is 0 Å². The van der Waals surface area contributed by atoms with Crippen LogP contribution < -0.4 is 14.2 Å². The molecule has 0 aliphatic rings. The van der Waals surface area contributed by atoms with Crippen LogP contribution in [0.4, 0.5) is 0 Å². The van der Waals surface area contributed by atoms with E-state index in [0.717, 1.165) is 11.1 Å². The van der Waals surface area contributed by atoms with Crippen molar-refractivity contribution in [2.45, 2.75) is 25.6 Å². The molecule has 31 heavy (non-hydrogen) atoms. The van der Waals surface area contributed by atoms with Crippen molar-refractivity contribution in [3.05, 3.63) is 89.5 Å². The molecule has 0 aromatic heterocycles. The molecule has 0 aliphatic heterocycles. The maximum absolute atomic E-state index is 12.0. The quantitative estimate of drug-likeness (QED) is 0.547. The van der Waals surface area contributed by atoms with Crippen LogP contribution in [0.3, 0.4) is 0 Å². The summed E-state index contributed by atoms with van der Waals surface area (Å²) in [6, 6.07) is 23.4. The Bertz CT molecular complexity index is 1070. The van der Waals surface area contributed by atoms with E-state index in [1.807, 2.05) is 36.4 Å².